The summed E-state index contributed by atoms with van der Waals surface area (Å²) in [5, 5.41) is 3.07. The molecule has 3 heteroatoms. The molecule has 14 heavy (non-hydrogen) atoms. The van der Waals surface area contributed by atoms with Gasteiger partial charge in [-0.25, -0.2) is 0 Å². The Kier molecular flexibility index (Phi) is 4.39. The maximum absolute atomic E-state index is 11.4. The van der Waals surface area contributed by atoms with Crippen molar-refractivity contribution in [1.82, 2.24) is 5.32 Å². The normalized spacial score (nSPS) is 20.4. The van der Waals surface area contributed by atoms with Crippen LogP contribution in [0.5, 0.6) is 0 Å². The quantitative estimate of drug-likeness (QED) is 0.750. The lowest BCUT2D eigenvalue weighted by Gasteiger charge is -2.34. The summed E-state index contributed by atoms with van der Waals surface area (Å²) in [6.07, 6.45) is 5.96. The first-order valence-electron chi connectivity index (χ1n) is 5.55. The van der Waals surface area contributed by atoms with Crippen LogP contribution in [0, 0.1) is 0 Å². The van der Waals surface area contributed by atoms with Crippen LogP contribution in [0.4, 0.5) is 0 Å². The van der Waals surface area contributed by atoms with Gasteiger partial charge in [-0.2, -0.15) is 0 Å². The van der Waals surface area contributed by atoms with Gasteiger partial charge in [-0.15, -0.1) is 0 Å². The van der Waals surface area contributed by atoms with Gasteiger partial charge in [0.05, 0.1) is 0 Å². The van der Waals surface area contributed by atoms with Crippen LogP contribution in [0.15, 0.2) is 0 Å². The van der Waals surface area contributed by atoms with E-state index in [0.717, 1.165) is 12.8 Å². The lowest BCUT2D eigenvalue weighted by atomic mass is 9.83. The highest BCUT2D eigenvalue weighted by atomic mass is 16.5. The molecule has 0 aliphatic heterocycles. The molecule has 0 bridgehead atoms. The Labute approximate surface area is 86.2 Å². The number of rotatable bonds is 4. The molecule has 1 aliphatic carbocycles. The number of hydrogen-bond acceptors (Lipinski definition) is 2. The molecule has 1 N–H and O–H groups in total. The van der Waals surface area contributed by atoms with Crippen molar-refractivity contribution in [3.8, 4) is 0 Å². The van der Waals surface area contributed by atoms with Crippen molar-refractivity contribution in [2.45, 2.75) is 51.5 Å². The number of hydrogen-bond donors (Lipinski definition) is 1. The molecule has 0 aromatic carbocycles. The van der Waals surface area contributed by atoms with E-state index in [1.807, 2.05) is 6.92 Å². The molecule has 0 spiro atoms. The van der Waals surface area contributed by atoms with Gasteiger partial charge < -0.3 is 10.1 Å². The third-order valence-corrected chi connectivity index (χ3v) is 2.84. The lowest BCUT2D eigenvalue weighted by Crippen LogP contribution is -2.48. The molecule has 1 fully saturated rings. The Bertz CT molecular complexity index is 186. The average Bonchev–Trinajstić information content (AvgIpc) is 2.15. The number of ether oxygens (including phenoxy) is 1. The minimum absolute atomic E-state index is 0.0203. The molecular weight excluding hydrogens is 178 g/mol. The van der Waals surface area contributed by atoms with Gasteiger partial charge in [-0.1, -0.05) is 19.3 Å². The summed E-state index contributed by atoms with van der Waals surface area (Å²) >= 11 is 0. The summed E-state index contributed by atoms with van der Waals surface area (Å²) in [7, 11) is 0. The molecule has 1 amide bonds. The predicted octanol–water partition coefficient (Wildman–Crippen LogP) is 1.86. The summed E-state index contributed by atoms with van der Waals surface area (Å²) in [5.74, 6) is 0.0243. The first-order valence-corrected chi connectivity index (χ1v) is 5.55. The topological polar surface area (TPSA) is 38.3 Å². The summed E-state index contributed by atoms with van der Waals surface area (Å²) in [6, 6.07) is 0. The van der Waals surface area contributed by atoms with E-state index in [-0.39, 0.29) is 18.1 Å². The Morgan fingerprint density at radius 3 is 2.57 bits per heavy atom. The summed E-state index contributed by atoms with van der Waals surface area (Å²) in [5.41, 5.74) is 0.0203. The lowest BCUT2D eigenvalue weighted by molar-refractivity contribution is -0.127. The second-order valence-corrected chi connectivity index (χ2v) is 4.31. The number of amides is 1. The Morgan fingerprint density at radius 2 is 2.00 bits per heavy atom. The molecule has 0 atom stereocenters. The highest BCUT2D eigenvalue weighted by molar-refractivity contribution is 5.78. The van der Waals surface area contributed by atoms with Gasteiger partial charge >= 0.3 is 0 Å². The van der Waals surface area contributed by atoms with E-state index in [1.54, 1.807) is 0 Å². The van der Waals surface area contributed by atoms with Gasteiger partial charge in [-0.05, 0) is 26.7 Å². The van der Waals surface area contributed by atoms with Crippen LogP contribution in [-0.4, -0.2) is 24.7 Å². The zero-order chi connectivity index (χ0) is 10.4. The molecule has 0 radical (unpaired) electrons. The van der Waals surface area contributed by atoms with Gasteiger partial charge in [0.2, 0.25) is 5.91 Å². The molecule has 0 aromatic rings. The van der Waals surface area contributed by atoms with E-state index >= 15 is 0 Å². The van der Waals surface area contributed by atoms with E-state index < -0.39 is 0 Å². The number of carbonyl (C=O) groups excluding carboxylic acids is 1. The van der Waals surface area contributed by atoms with Gasteiger partial charge in [0.15, 0.2) is 0 Å². The van der Waals surface area contributed by atoms with Crippen LogP contribution in [0.2, 0.25) is 0 Å². The summed E-state index contributed by atoms with van der Waals surface area (Å²) in [4.78, 5) is 11.4. The van der Waals surface area contributed by atoms with Gasteiger partial charge in [0.1, 0.15) is 6.61 Å². The average molecular weight is 199 g/mol. The van der Waals surface area contributed by atoms with Crippen LogP contribution in [-0.2, 0) is 9.53 Å². The molecule has 0 heterocycles. The van der Waals surface area contributed by atoms with Crippen molar-refractivity contribution in [3.05, 3.63) is 0 Å². The molecule has 0 saturated heterocycles. The first-order chi connectivity index (χ1) is 6.66. The zero-order valence-electron chi connectivity index (χ0n) is 9.27. The van der Waals surface area contributed by atoms with Crippen LogP contribution in [0.25, 0.3) is 0 Å². The van der Waals surface area contributed by atoms with Crippen molar-refractivity contribution in [1.29, 1.82) is 0 Å². The SMILES string of the molecule is CCOCC(=O)NC1(C)CCCCC1. The fraction of sp³-hybridized carbons (Fsp3) is 0.909. The standard InChI is InChI=1S/C11H21NO2/c1-3-14-9-10(13)12-11(2)7-5-4-6-8-11/h3-9H2,1-2H3,(H,12,13). The van der Waals surface area contributed by atoms with E-state index in [1.165, 1.54) is 19.3 Å². The smallest absolute Gasteiger partial charge is 0.246 e. The van der Waals surface area contributed by atoms with Gasteiger partial charge in [-0.3, -0.25) is 4.79 Å². The summed E-state index contributed by atoms with van der Waals surface area (Å²) in [6.45, 7) is 4.84. The monoisotopic (exact) mass is 199 g/mol. The van der Waals surface area contributed by atoms with Crippen LogP contribution >= 0.6 is 0 Å². The number of nitrogens with one attached hydrogen (secondary N) is 1. The summed E-state index contributed by atoms with van der Waals surface area (Å²) < 4.78 is 5.07. The highest BCUT2D eigenvalue weighted by Crippen LogP contribution is 2.27. The van der Waals surface area contributed by atoms with Crippen molar-refractivity contribution < 1.29 is 9.53 Å². The fourth-order valence-electron chi connectivity index (χ4n) is 2.02. The van der Waals surface area contributed by atoms with E-state index in [0.29, 0.717) is 6.61 Å². The number of carbonyl (C=O) groups is 1. The largest absolute Gasteiger partial charge is 0.372 e. The van der Waals surface area contributed by atoms with Crippen LogP contribution in [0.1, 0.15) is 46.0 Å². The van der Waals surface area contributed by atoms with Gasteiger partial charge in [0, 0.05) is 12.1 Å². The fourth-order valence-corrected chi connectivity index (χ4v) is 2.02. The van der Waals surface area contributed by atoms with E-state index in [4.69, 9.17) is 4.74 Å². The molecule has 1 saturated carbocycles. The van der Waals surface area contributed by atoms with Crippen molar-refractivity contribution in [2.75, 3.05) is 13.2 Å². The van der Waals surface area contributed by atoms with E-state index in [2.05, 4.69) is 12.2 Å². The zero-order valence-corrected chi connectivity index (χ0v) is 9.27. The third kappa shape index (κ3) is 3.66. The van der Waals surface area contributed by atoms with E-state index in [9.17, 15) is 4.79 Å². The van der Waals surface area contributed by atoms with Crippen molar-refractivity contribution in [3.63, 3.8) is 0 Å². The van der Waals surface area contributed by atoms with Crippen molar-refractivity contribution in [2.24, 2.45) is 0 Å². The predicted molar refractivity (Wildman–Crippen MR) is 56.1 cm³/mol. The second kappa shape index (κ2) is 5.35. The molecule has 1 rings (SSSR count). The second-order valence-electron chi connectivity index (χ2n) is 4.31. The van der Waals surface area contributed by atoms with Crippen LogP contribution < -0.4 is 5.32 Å². The Balaban J connectivity index is 2.29. The molecule has 0 unspecified atom stereocenters. The minimum atomic E-state index is 0.0203. The molecule has 82 valence electrons. The Hall–Kier alpha value is -0.570. The molecule has 1 aliphatic rings. The molecule has 0 aromatic heterocycles. The first kappa shape index (κ1) is 11.5. The van der Waals surface area contributed by atoms with Gasteiger partial charge in [0.25, 0.3) is 0 Å². The Morgan fingerprint density at radius 1 is 1.36 bits per heavy atom. The van der Waals surface area contributed by atoms with Crippen LogP contribution in [0.3, 0.4) is 0 Å². The maximum Gasteiger partial charge on any atom is 0.246 e. The minimum Gasteiger partial charge on any atom is -0.372 e. The molecule has 3 nitrogen and oxygen atoms in total. The molecular formula is C11H21NO2. The maximum atomic E-state index is 11.4. The van der Waals surface area contributed by atoms with Crippen molar-refractivity contribution >= 4 is 5.91 Å². The highest BCUT2D eigenvalue weighted by Gasteiger charge is 2.27. The third-order valence-electron chi connectivity index (χ3n) is 2.84.